The fourth-order valence-corrected chi connectivity index (χ4v) is 2.48. The van der Waals surface area contributed by atoms with Crippen molar-refractivity contribution in [3.63, 3.8) is 0 Å². The van der Waals surface area contributed by atoms with Crippen molar-refractivity contribution in [1.82, 2.24) is 5.32 Å². The molecule has 0 saturated heterocycles. The number of urea groups is 1. The second-order valence-corrected chi connectivity index (χ2v) is 6.02. The Morgan fingerprint density at radius 2 is 1.62 bits per heavy atom. The van der Waals surface area contributed by atoms with Gasteiger partial charge in [-0.05, 0) is 17.5 Å². The molecular formula is C20H26N2O4. The van der Waals surface area contributed by atoms with E-state index >= 15 is 0 Å². The molecule has 140 valence electrons. The summed E-state index contributed by atoms with van der Waals surface area (Å²) in [6.45, 7) is 4.88. The van der Waals surface area contributed by atoms with Gasteiger partial charge in [0.15, 0.2) is 0 Å². The van der Waals surface area contributed by atoms with Gasteiger partial charge in [0.2, 0.25) is 0 Å². The first-order valence-corrected chi connectivity index (χ1v) is 8.53. The van der Waals surface area contributed by atoms with E-state index in [1.165, 1.54) is 0 Å². The number of para-hydroxylation sites is 1. The van der Waals surface area contributed by atoms with Gasteiger partial charge in [0, 0.05) is 23.9 Å². The van der Waals surface area contributed by atoms with Crippen LogP contribution in [-0.4, -0.2) is 33.4 Å². The van der Waals surface area contributed by atoms with Crippen molar-refractivity contribution < 1.29 is 19.0 Å². The van der Waals surface area contributed by atoms with Gasteiger partial charge in [0.25, 0.3) is 0 Å². The van der Waals surface area contributed by atoms with Crippen LogP contribution in [0.25, 0.3) is 0 Å². The van der Waals surface area contributed by atoms with Crippen molar-refractivity contribution in [3.05, 3.63) is 48.0 Å². The molecule has 26 heavy (non-hydrogen) atoms. The lowest BCUT2D eigenvalue weighted by molar-refractivity contribution is 0.247. The first kappa shape index (κ1) is 19.4. The second kappa shape index (κ2) is 9.56. The number of hydrogen-bond donors (Lipinski definition) is 2. The number of benzene rings is 2. The van der Waals surface area contributed by atoms with Crippen LogP contribution in [-0.2, 0) is 0 Å². The smallest absolute Gasteiger partial charge is 0.319 e. The Labute approximate surface area is 154 Å². The van der Waals surface area contributed by atoms with Gasteiger partial charge in [0.1, 0.15) is 23.9 Å². The summed E-state index contributed by atoms with van der Waals surface area (Å²) in [6.07, 6.45) is 0. The zero-order chi connectivity index (χ0) is 18.9. The molecule has 2 N–H and O–H groups in total. The number of rotatable bonds is 8. The quantitative estimate of drug-likeness (QED) is 0.699. The van der Waals surface area contributed by atoms with Crippen LogP contribution in [0.2, 0.25) is 0 Å². The Bertz CT molecular complexity index is 709. The average molecular weight is 358 g/mol. The van der Waals surface area contributed by atoms with Gasteiger partial charge in [-0.2, -0.15) is 0 Å². The van der Waals surface area contributed by atoms with Crippen LogP contribution in [0.1, 0.15) is 25.3 Å². The molecule has 2 amide bonds. The summed E-state index contributed by atoms with van der Waals surface area (Å²) in [5.74, 6) is 2.25. The minimum atomic E-state index is -0.259. The maximum atomic E-state index is 12.1. The summed E-state index contributed by atoms with van der Waals surface area (Å²) in [6, 6.07) is 12.8. The van der Waals surface area contributed by atoms with Crippen LogP contribution in [0.5, 0.6) is 17.2 Å². The molecule has 0 aliphatic rings. The van der Waals surface area contributed by atoms with E-state index in [9.17, 15) is 4.79 Å². The van der Waals surface area contributed by atoms with Gasteiger partial charge < -0.3 is 24.8 Å². The number of anilines is 1. The van der Waals surface area contributed by atoms with Crippen molar-refractivity contribution in [2.45, 2.75) is 19.8 Å². The van der Waals surface area contributed by atoms with Crippen molar-refractivity contribution in [1.29, 1.82) is 0 Å². The van der Waals surface area contributed by atoms with Crippen LogP contribution >= 0.6 is 0 Å². The van der Waals surface area contributed by atoms with Gasteiger partial charge in [-0.15, -0.1) is 0 Å². The van der Waals surface area contributed by atoms with Gasteiger partial charge in [0.05, 0.1) is 20.8 Å². The number of methoxy groups -OCH3 is 2. The number of carbonyl (C=O) groups excluding carboxylic acids is 1. The topological polar surface area (TPSA) is 68.8 Å². The zero-order valence-electron chi connectivity index (χ0n) is 15.7. The van der Waals surface area contributed by atoms with Gasteiger partial charge in [-0.25, -0.2) is 4.79 Å². The molecule has 0 aliphatic heterocycles. The van der Waals surface area contributed by atoms with E-state index in [0.29, 0.717) is 36.3 Å². The molecule has 0 unspecified atom stereocenters. The molecule has 2 aromatic rings. The highest BCUT2D eigenvalue weighted by Crippen LogP contribution is 2.27. The largest absolute Gasteiger partial charge is 0.496 e. The monoisotopic (exact) mass is 358 g/mol. The average Bonchev–Trinajstić information content (AvgIpc) is 2.65. The minimum absolute atomic E-state index is 0.259. The standard InChI is InChI=1S/C20H26N2O4/c1-14(2)18-7-5-6-8-19(18)22-20(23)21-9-10-26-17-12-15(24-3)11-16(13-17)25-4/h5-8,11-14H,9-10H2,1-4H3,(H2,21,22,23). The number of amides is 2. The summed E-state index contributed by atoms with van der Waals surface area (Å²) in [4.78, 5) is 12.1. The first-order chi connectivity index (χ1) is 12.5. The molecule has 0 heterocycles. The Balaban J connectivity index is 1.82. The Morgan fingerprint density at radius 1 is 1.00 bits per heavy atom. The van der Waals surface area contributed by atoms with E-state index in [4.69, 9.17) is 14.2 Å². The van der Waals surface area contributed by atoms with Gasteiger partial charge in [-0.1, -0.05) is 32.0 Å². The molecule has 0 atom stereocenters. The summed E-state index contributed by atoms with van der Waals surface area (Å²) >= 11 is 0. The predicted octanol–water partition coefficient (Wildman–Crippen LogP) is 4.03. The highest BCUT2D eigenvalue weighted by atomic mass is 16.5. The summed E-state index contributed by atoms with van der Waals surface area (Å²) < 4.78 is 16.0. The molecular weight excluding hydrogens is 332 g/mol. The third-order valence-electron chi connectivity index (χ3n) is 3.81. The van der Waals surface area contributed by atoms with E-state index in [-0.39, 0.29) is 6.03 Å². The van der Waals surface area contributed by atoms with Crippen molar-refractivity contribution in [2.75, 3.05) is 32.7 Å². The van der Waals surface area contributed by atoms with E-state index < -0.39 is 0 Å². The van der Waals surface area contributed by atoms with Crippen molar-refractivity contribution >= 4 is 11.7 Å². The van der Waals surface area contributed by atoms with Crippen LogP contribution < -0.4 is 24.8 Å². The van der Waals surface area contributed by atoms with Crippen LogP contribution in [0.15, 0.2) is 42.5 Å². The molecule has 0 fully saturated rings. The van der Waals surface area contributed by atoms with E-state index in [2.05, 4.69) is 24.5 Å². The number of nitrogens with one attached hydrogen (secondary N) is 2. The maximum absolute atomic E-state index is 12.1. The highest BCUT2D eigenvalue weighted by Gasteiger charge is 2.09. The summed E-state index contributed by atoms with van der Waals surface area (Å²) in [5, 5.41) is 5.67. The number of carbonyl (C=O) groups is 1. The molecule has 6 nitrogen and oxygen atoms in total. The summed E-state index contributed by atoms with van der Waals surface area (Å²) in [5.41, 5.74) is 1.92. The molecule has 0 aliphatic carbocycles. The minimum Gasteiger partial charge on any atom is -0.496 e. The second-order valence-electron chi connectivity index (χ2n) is 6.02. The fourth-order valence-electron chi connectivity index (χ4n) is 2.48. The lowest BCUT2D eigenvalue weighted by atomic mass is 10.0. The lowest BCUT2D eigenvalue weighted by Gasteiger charge is -2.14. The predicted molar refractivity (Wildman–Crippen MR) is 103 cm³/mol. The van der Waals surface area contributed by atoms with E-state index in [0.717, 1.165) is 11.3 Å². The third kappa shape index (κ3) is 5.58. The summed E-state index contributed by atoms with van der Waals surface area (Å²) in [7, 11) is 3.17. The molecule has 0 aromatic heterocycles. The third-order valence-corrected chi connectivity index (χ3v) is 3.81. The molecule has 0 radical (unpaired) electrons. The van der Waals surface area contributed by atoms with Gasteiger partial charge in [-0.3, -0.25) is 0 Å². The van der Waals surface area contributed by atoms with Crippen molar-refractivity contribution in [3.8, 4) is 17.2 Å². The Morgan fingerprint density at radius 3 is 2.23 bits per heavy atom. The van der Waals surface area contributed by atoms with E-state index in [1.807, 2.05) is 24.3 Å². The van der Waals surface area contributed by atoms with Crippen LogP contribution in [0.4, 0.5) is 10.5 Å². The SMILES string of the molecule is COc1cc(OC)cc(OCCNC(=O)Nc2ccccc2C(C)C)c1. The van der Waals surface area contributed by atoms with Crippen LogP contribution in [0, 0.1) is 0 Å². The molecule has 0 saturated carbocycles. The molecule has 0 spiro atoms. The number of hydrogen-bond acceptors (Lipinski definition) is 4. The lowest BCUT2D eigenvalue weighted by Crippen LogP contribution is -2.32. The van der Waals surface area contributed by atoms with Gasteiger partial charge >= 0.3 is 6.03 Å². The molecule has 6 heteroatoms. The molecule has 2 aromatic carbocycles. The molecule has 2 rings (SSSR count). The maximum Gasteiger partial charge on any atom is 0.319 e. The Hall–Kier alpha value is -2.89. The normalized spacial score (nSPS) is 10.3. The first-order valence-electron chi connectivity index (χ1n) is 8.53. The highest BCUT2D eigenvalue weighted by molar-refractivity contribution is 5.90. The zero-order valence-corrected chi connectivity index (χ0v) is 15.7. The van der Waals surface area contributed by atoms with Crippen LogP contribution in [0.3, 0.4) is 0 Å². The van der Waals surface area contributed by atoms with Crippen molar-refractivity contribution in [2.24, 2.45) is 0 Å². The van der Waals surface area contributed by atoms with E-state index in [1.54, 1.807) is 32.4 Å². The fraction of sp³-hybridized carbons (Fsp3) is 0.350. The number of ether oxygens (including phenoxy) is 3. The Kier molecular flexibility index (Phi) is 7.14. The molecule has 0 bridgehead atoms.